The minimum absolute atomic E-state index is 0.219. The van der Waals surface area contributed by atoms with Crippen molar-refractivity contribution in [2.45, 2.75) is 16.3 Å². The summed E-state index contributed by atoms with van der Waals surface area (Å²) in [6.45, 7) is 0.448. The zero-order valence-electron chi connectivity index (χ0n) is 13.0. The highest BCUT2D eigenvalue weighted by atomic mass is 32.2. The Kier molecular flexibility index (Phi) is 5.13. The van der Waals surface area contributed by atoms with Crippen molar-refractivity contribution in [2.24, 2.45) is 0 Å². The second-order valence-electron chi connectivity index (χ2n) is 5.18. The first-order valence-electron chi connectivity index (χ1n) is 7.53. The molecular formula is C19H17N3OS. The van der Waals surface area contributed by atoms with Crippen LogP contribution in [-0.2, 0) is 6.54 Å². The van der Waals surface area contributed by atoms with E-state index in [-0.39, 0.29) is 11.7 Å². The van der Waals surface area contributed by atoms with Gasteiger partial charge < -0.3 is 11.1 Å². The van der Waals surface area contributed by atoms with Crippen molar-refractivity contribution >= 4 is 23.5 Å². The second-order valence-corrected chi connectivity index (χ2v) is 6.32. The quantitative estimate of drug-likeness (QED) is 0.745. The van der Waals surface area contributed by atoms with Gasteiger partial charge in [-0.2, -0.15) is 0 Å². The van der Waals surface area contributed by atoms with E-state index in [0.717, 1.165) is 10.5 Å². The monoisotopic (exact) mass is 335 g/mol. The summed E-state index contributed by atoms with van der Waals surface area (Å²) < 4.78 is 0. The van der Waals surface area contributed by atoms with Gasteiger partial charge in [-0.05, 0) is 42.0 Å². The summed E-state index contributed by atoms with van der Waals surface area (Å²) in [5.41, 5.74) is 7.14. The molecule has 0 spiro atoms. The molecule has 24 heavy (non-hydrogen) atoms. The van der Waals surface area contributed by atoms with Crippen LogP contribution in [-0.4, -0.2) is 10.9 Å². The zero-order chi connectivity index (χ0) is 16.8. The Morgan fingerprint density at radius 2 is 1.67 bits per heavy atom. The number of nitrogen functional groups attached to an aromatic ring is 1. The van der Waals surface area contributed by atoms with Crippen molar-refractivity contribution in [2.75, 3.05) is 5.73 Å². The molecule has 0 radical (unpaired) electrons. The van der Waals surface area contributed by atoms with Crippen LogP contribution in [0.15, 0.2) is 82.7 Å². The third kappa shape index (κ3) is 4.14. The maximum absolute atomic E-state index is 12.1. The van der Waals surface area contributed by atoms with Crippen LogP contribution in [0.25, 0.3) is 0 Å². The fraction of sp³-hybridized carbons (Fsp3) is 0.0526. The molecule has 120 valence electrons. The van der Waals surface area contributed by atoms with E-state index < -0.39 is 0 Å². The lowest BCUT2D eigenvalue weighted by atomic mass is 10.2. The van der Waals surface area contributed by atoms with E-state index in [2.05, 4.69) is 34.6 Å². The van der Waals surface area contributed by atoms with Gasteiger partial charge >= 0.3 is 0 Å². The molecule has 2 aromatic carbocycles. The highest BCUT2D eigenvalue weighted by Crippen LogP contribution is 2.27. The molecule has 3 N–H and O–H groups in total. The number of hydrogen-bond acceptors (Lipinski definition) is 4. The molecule has 5 heteroatoms. The second kappa shape index (κ2) is 7.66. The van der Waals surface area contributed by atoms with Crippen LogP contribution < -0.4 is 11.1 Å². The summed E-state index contributed by atoms with van der Waals surface area (Å²) in [6, 6.07) is 21.7. The van der Waals surface area contributed by atoms with Crippen LogP contribution in [0.3, 0.4) is 0 Å². The largest absolute Gasteiger partial charge is 0.383 e. The predicted octanol–water partition coefficient (Wildman–Crippen LogP) is 3.75. The van der Waals surface area contributed by atoms with Gasteiger partial charge in [0.25, 0.3) is 5.91 Å². The highest BCUT2D eigenvalue weighted by Gasteiger charge is 2.09. The number of hydrogen-bond donors (Lipinski definition) is 2. The first-order valence-corrected chi connectivity index (χ1v) is 8.34. The molecule has 0 aliphatic carbocycles. The summed E-state index contributed by atoms with van der Waals surface area (Å²) in [5.74, 6) is 0.0212. The van der Waals surface area contributed by atoms with Crippen LogP contribution in [0, 0.1) is 0 Å². The van der Waals surface area contributed by atoms with E-state index in [9.17, 15) is 4.79 Å². The van der Waals surface area contributed by atoms with E-state index in [1.807, 2.05) is 30.3 Å². The fourth-order valence-corrected chi connectivity index (χ4v) is 3.02. The summed E-state index contributed by atoms with van der Waals surface area (Å²) in [7, 11) is 0. The van der Waals surface area contributed by atoms with E-state index in [0.29, 0.717) is 12.1 Å². The highest BCUT2D eigenvalue weighted by molar-refractivity contribution is 7.99. The molecule has 3 aromatic rings. The van der Waals surface area contributed by atoms with Crippen molar-refractivity contribution in [3.8, 4) is 0 Å². The van der Waals surface area contributed by atoms with Crippen LogP contribution >= 0.6 is 11.8 Å². The Bertz CT molecular complexity index is 820. The third-order valence-corrected chi connectivity index (χ3v) is 4.45. The molecule has 0 unspecified atom stereocenters. The first kappa shape index (κ1) is 16.1. The van der Waals surface area contributed by atoms with Gasteiger partial charge in [0.1, 0.15) is 5.82 Å². The molecule has 0 atom stereocenters. The number of anilines is 1. The van der Waals surface area contributed by atoms with Crippen molar-refractivity contribution in [3.63, 3.8) is 0 Å². The molecule has 0 saturated heterocycles. The van der Waals surface area contributed by atoms with Gasteiger partial charge in [-0.15, -0.1) is 0 Å². The zero-order valence-corrected chi connectivity index (χ0v) is 13.8. The van der Waals surface area contributed by atoms with Gasteiger partial charge in [0.05, 0.1) is 5.56 Å². The average molecular weight is 335 g/mol. The summed E-state index contributed by atoms with van der Waals surface area (Å²) >= 11 is 1.71. The number of nitrogens with zero attached hydrogens (tertiary/aromatic N) is 1. The molecule has 0 aliphatic rings. The Hall–Kier alpha value is -2.79. The third-order valence-electron chi connectivity index (χ3n) is 3.44. The van der Waals surface area contributed by atoms with Gasteiger partial charge in [-0.25, -0.2) is 4.98 Å². The number of pyridine rings is 1. The maximum atomic E-state index is 12.1. The normalized spacial score (nSPS) is 10.3. The molecule has 0 saturated carbocycles. The van der Waals surface area contributed by atoms with Gasteiger partial charge in [0, 0.05) is 22.5 Å². The smallest absolute Gasteiger partial charge is 0.255 e. The lowest BCUT2D eigenvalue weighted by Gasteiger charge is -2.08. The van der Waals surface area contributed by atoms with E-state index >= 15 is 0 Å². The van der Waals surface area contributed by atoms with Crippen LogP contribution in [0.5, 0.6) is 0 Å². The molecule has 1 heterocycles. The number of carbonyl (C=O) groups is 1. The standard InChI is InChI=1S/C19H17N3OS/c20-18-17(7-4-12-21-18)19(23)22-13-14-8-10-16(11-9-14)24-15-5-2-1-3-6-15/h1-12H,13H2,(H2,20,21)(H,22,23). The van der Waals surface area contributed by atoms with Gasteiger partial charge in [0.15, 0.2) is 0 Å². The molecule has 0 aliphatic heterocycles. The lowest BCUT2D eigenvalue weighted by Crippen LogP contribution is -2.24. The van der Waals surface area contributed by atoms with E-state index in [1.54, 1.807) is 30.1 Å². The van der Waals surface area contributed by atoms with Crippen molar-refractivity contribution in [3.05, 3.63) is 84.1 Å². The topological polar surface area (TPSA) is 68.0 Å². The maximum Gasteiger partial charge on any atom is 0.255 e. The summed E-state index contributed by atoms with van der Waals surface area (Å²) in [6.07, 6.45) is 1.56. The average Bonchev–Trinajstić information content (AvgIpc) is 2.62. The Morgan fingerprint density at radius 1 is 0.958 bits per heavy atom. The van der Waals surface area contributed by atoms with Crippen molar-refractivity contribution in [1.82, 2.24) is 10.3 Å². The van der Waals surface area contributed by atoms with Crippen molar-refractivity contribution in [1.29, 1.82) is 0 Å². The Morgan fingerprint density at radius 3 is 2.38 bits per heavy atom. The Labute approximate surface area is 145 Å². The number of rotatable bonds is 5. The van der Waals surface area contributed by atoms with E-state index in [1.165, 1.54) is 4.90 Å². The first-order chi connectivity index (χ1) is 11.7. The van der Waals surface area contributed by atoms with Gasteiger partial charge in [-0.3, -0.25) is 4.79 Å². The molecule has 1 amide bonds. The number of benzene rings is 2. The SMILES string of the molecule is Nc1ncccc1C(=O)NCc1ccc(Sc2ccccc2)cc1. The molecule has 1 aromatic heterocycles. The van der Waals surface area contributed by atoms with Crippen LogP contribution in [0.1, 0.15) is 15.9 Å². The van der Waals surface area contributed by atoms with Gasteiger partial charge in [-0.1, -0.05) is 42.1 Å². The number of aromatic nitrogens is 1. The summed E-state index contributed by atoms with van der Waals surface area (Å²) in [4.78, 5) is 18.4. The van der Waals surface area contributed by atoms with Crippen molar-refractivity contribution < 1.29 is 4.79 Å². The molecule has 4 nitrogen and oxygen atoms in total. The fourth-order valence-electron chi connectivity index (χ4n) is 2.19. The number of amides is 1. The Balaban J connectivity index is 1.58. The molecule has 3 rings (SSSR count). The predicted molar refractivity (Wildman–Crippen MR) is 96.8 cm³/mol. The lowest BCUT2D eigenvalue weighted by molar-refractivity contribution is 0.0951. The van der Waals surface area contributed by atoms with Crippen LogP contribution in [0.4, 0.5) is 5.82 Å². The molecular weight excluding hydrogens is 318 g/mol. The minimum Gasteiger partial charge on any atom is -0.383 e. The number of nitrogens with one attached hydrogen (secondary N) is 1. The minimum atomic E-state index is -0.219. The molecule has 0 bridgehead atoms. The number of carbonyl (C=O) groups excluding carboxylic acids is 1. The van der Waals surface area contributed by atoms with Crippen LogP contribution in [0.2, 0.25) is 0 Å². The van der Waals surface area contributed by atoms with Gasteiger partial charge in [0.2, 0.25) is 0 Å². The van der Waals surface area contributed by atoms with E-state index in [4.69, 9.17) is 5.73 Å². The molecule has 0 fully saturated rings. The summed E-state index contributed by atoms with van der Waals surface area (Å²) in [5, 5.41) is 2.86. The number of nitrogens with two attached hydrogens (primary N) is 1.